The van der Waals surface area contributed by atoms with Crippen LogP contribution in [0.3, 0.4) is 0 Å². The van der Waals surface area contributed by atoms with Crippen LogP contribution in [0.4, 0.5) is 4.39 Å². The summed E-state index contributed by atoms with van der Waals surface area (Å²) in [5, 5.41) is 0.854. The molecule has 4 rings (SSSR count). The molecule has 3 nitrogen and oxygen atoms in total. The standard InChI is InChI=1S/C22H20FN3S/c1-15-9-10-16(2)18(12-15)13-26-21-20(8-5-11-24-21)25-22(26)27-14-17-6-3-4-7-19(17)23/h3-12H,13-14H2,1-2H3. The van der Waals surface area contributed by atoms with E-state index in [1.165, 1.54) is 22.8 Å². The van der Waals surface area contributed by atoms with Crippen LogP contribution < -0.4 is 0 Å². The van der Waals surface area contributed by atoms with Crippen LogP contribution in [0.25, 0.3) is 11.2 Å². The lowest BCUT2D eigenvalue weighted by molar-refractivity contribution is 0.617. The van der Waals surface area contributed by atoms with Crippen molar-refractivity contribution in [1.29, 1.82) is 0 Å². The van der Waals surface area contributed by atoms with E-state index in [0.29, 0.717) is 17.9 Å². The van der Waals surface area contributed by atoms with Crippen molar-refractivity contribution >= 4 is 22.9 Å². The Balaban J connectivity index is 1.71. The van der Waals surface area contributed by atoms with Crippen LogP contribution in [0.5, 0.6) is 0 Å². The Morgan fingerprint density at radius 3 is 2.70 bits per heavy atom. The molecule has 2 aromatic carbocycles. The number of hydrogen-bond donors (Lipinski definition) is 0. The predicted molar refractivity (Wildman–Crippen MR) is 109 cm³/mol. The van der Waals surface area contributed by atoms with Crippen molar-refractivity contribution in [3.63, 3.8) is 0 Å². The first-order valence-corrected chi connectivity index (χ1v) is 9.84. The van der Waals surface area contributed by atoms with Gasteiger partial charge in [-0.05, 0) is 48.7 Å². The number of aryl methyl sites for hydroxylation is 2. The average molecular weight is 377 g/mol. The molecule has 0 amide bonds. The third kappa shape index (κ3) is 3.74. The Morgan fingerprint density at radius 2 is 1.85 bits per heavy atom. The summed E-state index contributed by atoms with van der Waals surface area (Å²) in [6.07, 6.45) is 1.79. The molecule has 0 spiro atoms. The van der Waals surface area contributed by atoms with E-state index >= 15 is 0 Å². The van der Waals surface area contributed by atoms with Gasteiger partial charge in [0.05, 0.1) is 6.54 Å². The molecule has 0 aliphatic heterocycles. The quantitative estimate of drug-likeness (QED) is 0.429. The Bertz CT molecular complexity index is 1100. The second kappa shape index (κ2) is 7.53. The highest BCUT2D eigenvalue weighted by Crippen LogP contribution is 2.28. The van der Waals surface area contributed by atoms with Crippen molar-refractivity contribution in [2.75, 3.05) is 0 Å². The molecule has 136 valence electrons. The van der Waals surface area contributed by atoms with Crippen LogP contribution in [0.15, 0.2) is 66.0 Å². The lowest BCUT2D eigenvalue weighted by Gasteiger charge is -2.12. The van der Waals surface area contributed by atoms with Gasteiger partial charge < -0.3 is 0 Å². The number of fused-ring (bicyclic) bond motifs is 1. The summed E-state index contributed by atoms with van der Waals surface area (Å²) in [5.41, 5.74) is 6.11. The number of imidazole rings is 1. The fourth-order valence-electron chi connectivity index (χ4n) is 3.09. The third-order valence-corrected chi connectivity index (χ3v) is 5.64. The molecule has 0 N–H and O–H groups in total. The van der Waals surface area contributed by atoms with Gasteiger partial charge in [-0.1, -0.05) is 53.7 Å². The summed E-state index contributed by atoms with van der Waals surface area (Å²) in [7, 11) is 0. The molecule has 0 atom stereocenters. The molecular weight excluding hydrogens is 357 g/mol. The van der Waals surface area contributed by atoms with Gasteiger partial charge in [-0.25, -0.2) is 14.4 Å². The first kappa shape index (κ1) is 17.7. The van der Waals surface area contributed by atoms with Gasteiger partial charge >= 0.3 is 0 Å². The normalized spacial score (nSPS) is 11.2. The number of halogens is 1. The molecule has 5 heteroatoms. The Labute approximate surface area is 162 Å². The number of aromatic nitrogens is 3. The number of benzene rings is 2. The van der Waals surface area contributed by atoms with E-state index in [2.05, 4.69) is 41.6 Å². The maximum Gasteiger partial charge on any atom is 0.170 e. The van der Waals surface area contributed by atoms with Crippen molar-refractivity contribution in [3.05, 3.63) is 88.9 Å². The zero-order chi connectivity index (χ0) is 18.8. The van der Waals surface area contributed by atoms with Gasteiger partial charge in [-0.2, -0.15) is 0 Å². The lowest BCUT2D eigenvalue weighted by Crippen LogP contribution is -2.04. The molecule has 2 heterocycles. The molecule has 27 heavy (non-hydrogen) atoms. The van der Waals surface area contributed by atoms with Crippen molar-refractivity contribution in [2.24, 2.45) is 0 Å². The zero-order valence-corrected chi connectivity index (χ0v) is 16.1. The average Bonchev–Trinajstić information content (AvgIpc) is 3.02. The summed E-state index contributed by atoms with van der Waals surface area (Å²) < 4.78 is 16.1. The molecule has 0 bridgehead atoms. The molecule has 2 aromatic heterocycles. The zero-order valence-electron chi connectivity index (χ0n) is 15.3. The fraction of sp³-hybridized carbons (Fsp3) is 0.182. The second-order valence-electron chi connectivity index (χ2n) is 6.64. The SMILES string of the molecule is Cc1ccc(C)c(Cn2c(SCc3ccccc3F)nc3cccnc32)c1. The first-order chi connectivity index (χ1) is 13.1. The first-order valence-electron chi connectivity index (χ1n) is 8.85. The molecule has 0 saturated heterocycles. The van der Waals surface area contributed by atoms with Gasteiger partial charge in [0, 0.05) is 11.9 Å². The number of thioether (sulfide) groups is 1. The van der Waals surface area contributed by atoms with Gasteiger partial charge in [0.25, 0.3) is 0 Å². The van der Waals surface area contributed by atoms with Crippen LogP contribution in [0.2, 0.25) is 0 Å². The van der Waals surface area contributed by atoms with E-state index < -0.39 is 0 Å². The van der Waals surface area contributed by atoms with E-state index in [-0.39, 0.29) is 5.82 Å². The highest BCUT2D eigenvalue weighted by molar-refractivity contribution is 7.98. The highest BCUT2D eigenvalue weighted by atomic mass is 32.2. The number of hydrogen-bond acceptors (Lipinski definition) is 3. The molecule has 0 saturated carbocycles. The summed E-state index contributed by atoms with van der Waals surface area (Å²) >= 11 is 1.54. The summed E-state index contributed by atoms with van der Waals surface area (Å²) in [6.45, 7) is 4.91. The van der Waals surface area contributed by atoms with Crippen LogP contribution in [-0.4, -0.2) is 14.5 Å². The number of rotatable bonds is 5. The van der Waals surface area contributed by atoms with E-state index in [4.69, 9.17) is 4.98 Å². The third-order valence-electron chi connectivity index (χ3n) is 4.62. The molecule has 0 unspecified atom stereocenters. The van der Waals surface area contributed by atoms with E-state index in [9.17, 15) is 4.39 Å². The monoisotopic (exact) mass is 377 g/mol. The Kier molecular flexibility index (Phi) is 4.94. The molecule has 0 radical (unpaired) electrons. The molecular formula is C22H20FN3S. The Morgan fingerprint density at radius 1 is 1.00 bits per heavy atom. The minimum Gasteiger partial charge on any atom is -0.299 e. The minimum absolute atomic E-state index is 0.180. The molecule has 0 fully saturated rings. The van der Waals surface area contributed by atoms with E-state index in [1.807, 2.05) is 24.3 Å². The highest BCUT2D eigenvalue weighted by Gasteiger charge is 2.14. The largest absolute Gasteiger partial charge is 0.299 e. The van der Waals surface area contributed by atoms with Crippen LogP contribution >= 0.6 is 11.8 Å². The summed E-state index contributed by atoms with van der Waals surface area (Å²) in [4.78, 5) is 9.28. The minimum atomic E-state index is -0.180. The van der Waals surface area contributed by atoms with Gasteiger partial charge in [0.2, 0.25) is 0 Å². The maximum atomic E-state index is 14.0. The van der Waals surface area contributed by atoms with Crippen LogP contribution in [-0.2, 0) is 12.3 Å². The summed E-state index contributed by atoms with van der Waals surface area (Å²) in [5.74, 6) is 0.350. The van der Waals surface area contributed by atoms with Crippen molar-refractivity contribution in [1.82, 2.24) is 14.5 Å². The molecule has 0 aliphatic rings. The molecule has 4 aromatic rings. The summed E-state index contributed by atoms with van der Waals surface area (Å²) in [6, 6.07) is 17.2. The maximum absolute atomic E-state index is 14.0. The van der Waals surface area contributed by atoms with Gasteiger partial charge in [-0.15, -0.1) is 0 Å². The van der Waals surface area contributed by atoms with Crippen molar-refractivity contribution in [2.45, 2.75) is 31.3 Å². The van der Waals surface area contributed by atoms with Crippen molar-refractivity contribution < 1.29 is 4.39 Å². The molecule has 0 aliphatic carbocycles. The van der Waals surface area contributed by atoms with Crippen LogP contribution in [0.1, 0.15) is 22.3 Å². The topological polar surface area (TPSA) is 30.7 Å². The van der Waals surface area contributed by atoms with Gasteiger partial charge in [-0.3, -0.25) is 4.57 Å². The van der Waals surface area contributed by atoms with E-state index in [0.717, 1.165) is 16.3 Å². The van der Waals surface area contributed by atoms with Crippen LogP contribution in [0, 0.1) is 19.7 Å². The van der Waals surface area contributed by atoms with E-state index in [1.54, 1.807) is 24.0 Å². The fourth-order valence-corrected chi connectivity index (χ4v) is 4.08. The lowest BCUT2D eigenvalue weighted by atomic mass is 10.1. The van der Waals surface area contributed by atoms with Crippen molar-refractivity contribution in [3.8, 4) is 0 Å². The predicted octanol–water partition coefficient (Wildman–Crippen LogP) is 5.53. The Hall–Kier alpha value is -2.66. The number of nitrogens with zero attached hydrogens (tertiary/aromatic N) is 3. The number of pyridine rings is 1. The second-order valence-corrected chi connectivity index (χ2v) is 7.58. The smallest absolute Gasteiger partial charge is 0.170 e. The van der Waals surface area contributed by atoms with Gasteiger partial charge in [0.1, 0.15) is 11.3 Å². The van der Waals surface area contributed by atoms with Gasteiger partial charge in [0.15, 0.2) is 10.8 Å².